The molecular weight excluding hydrogens is 274 g/mol. The summed E-state index contributed by atoms with van der Waals surface area (Å²) in [5.74, 6) is 0. The standard InChI is InChI=1S/C18H29N3O/c1-20-10-2-3-18(14-20)22-15-17-6-4-16(5-7-17)13-21-11-8-19-9-12-21/h4-7,18-19H,2-3,8-15H2,1H3/t18-/m0/s1. The van der Waals surface area contributed by atoms with Crippen LogP contribution >= 0.6 is 0 Å². The fourth-order valence-corrected chi connectivity index (χ4v) is 3.34. The molecule has 4 nitrogen and oxygen atoms in total. The number of nitrogens with one attached hydrogen (secondary N) is 1. The first-order chi connectivity index (χ1) is 10.8. The lowest BCUT2D eigenvalue weighted by Gasteiger charge is -2.29. The number of piperazine rings is 1. The van der Waals surface area contributed by atoms with Gasteiger partial charge in [-0.1, -0.05) is 24.3 Å². The van der Waals surface area contributed by atoms with Crippen LogP contribution in [0.1, 0.15) is 24.0 Å². The van der Waals surface area contributed by atoms with Crippen molar-refractivity contribution in [3.05, 3.63) is 35.4 Å². The largest absolute Gasteiger partial charge is 0.372 e. The van der Waals surface area contributed by atoms with Gasteiger partial charge in [0.15, 0.2) is 0 Å². The Hall–Kier alpha value is -0.940. The molecule has 122 valence electrons. The molecule has 0 aromatic heterocycles. The molecule has 1 atom stereocenters. The molecule has 0 bridgehead atoms. The maximum absolute atomic E-state index is 6.07. The van der Waals surface area contributed by atoms with Crippen LogP contribution in [-0.2, 0) is 17.9 Å². The second kappa shape index (κ2) is 8.06. The van der Waals surface area contributed by atoms with Gasteiger partial charge in [-0.2, -0.15) is 0 Å². The number of likely N-dealkylation sites (tertiary alicyclic amines) is 1. The number of nitrogens with zero attached hydrogens (tertiary/aromatic N) is 2. The fraction of sp³-hybridized carbons (Fsp3) is 0.667. The molecule has 4 heteroatoms. The van der Waals surface area contributed by atoms with Crippen LogP contribution < -0.4 is 5.32 Å². The monoisotopic (exact) mass is 303 g/mol. The lowest BCUT2D eigenvalue weighted by atomic mass is 10.1. The molecular formula is C18H29N3O. The van der Waals surface area contributed by atoms with E-state index in [1.807, 2.05) is 0 Å². The van der Waals surface area contributed by atoms with E-state index in [2.05, 4.69) is 46.4 Å². The number of benzene rings is 1. The topological polar surface area (TPSA) is 27.7 Å². The summed E-state index contributed by atoms with van der Waals surface area (Å²) in [5, 5.41) is 3.40. The van der Waals surface area contributed by atoms with Gasteiger partial charge < -0.3 is 15.0 Å². The van der Waals surface area contributed by atoms with Crippen LogP contribution in [0.2, 0.25) is 0 Å². The summed E-state index contributed by atoms with van der Waals surface area (Å²) in [7, 11) is 2.18. The van der Waals surface area contributed by atoms with Crippen molar-refractivity contribution in [2.45, 2.75) is 32.1 Å². The zero-order valence-electron chi connectivity index (χ0n) is 13.8. The van der Waals surface area contributed by atoms with Crippen molar-refractivity contribution < 1.29 is 4.74 Å². The van der Waals surface area contributed by atoms with Crippen LogP contribution in [0, 0.1) is 0 Å². The van der Waals surface area contributed by atoms with Crippen molar-refractivity contribution in [3.8, 4) is 0 Å². The van der Waals surface area contributed by atoms with Gasteiger partial charge in [0.05, 0.1) is 12.7 Å². The molecule has 0 unspecified atom stereocenters. The molecule has 0 aliphatic carbocycles. The molecule has 2 fully saturated rings. The minimum absolute atomic E-state index is 0.402. The lowest BCUT2D eigenvalue weighted by Crippen LogP contribution is -2.42. The second-order valence-corrected chi connectivity index (χ2v) is 6.68. The maximum atomic E-state index is 6.07. The molecule has 0 amide bonds. The number of ether oxygens (including phenoxy) is 1. The van der Waals surface area contributed by atoms with Gasteiger partial charge in [-0.3, -0.25) is 4.90 Å². The smallest absolute Gasteiger partial charge is 0.0721 e. The summed E-state index contributed by atoms with van der Waals surface area (Å²) in [6.07, 6.45) is 2.86. The minimum atomic E-state index is 0.402. The highest BCUT2D eigenvalue weighted by atomic mass is 16.5. The van der Waals surface area contributed by atoms with Gasteiger partial charge >= 0.3 is 0 Å². The number of hydrogen-bond acceptors (Lipinski definition) is 4. The van der Waals surface area contributed by atoms with E-state index < -0.39 is 0 Å². The van der Waals surface area contributed by atoms with Gasteiger partial charge in [0.1, 0.15) is 0 Å². The van der Waals surface area contributed by atoms with Crippen LogP contribution in [-0.4, -0.2) is 62.2 Å². The molecule has 0 spiro atoms. The lowest BCUT2D eigenvalue weighted by molar-refractivity contribution is -0.00356. The van der Waals surface area contributed by atoms with Gasteiger partial charge in [0, 0.05) is 39.3 Å². The van der Waals surface area contributed by atoms with Gasteiger partial charge in [-0.25, -0.2) is 0 Å². The SMILES string of the molecule is CN1CCC[C@H](OCc2ccc(CN3CCNCC3)cc2)C1. The predicted octanol–water partition coefficient (Wildman–Crippen LogP) is 1.70. The van der Waals surface area contributed by atoms with Crippen LogP contribution in [0.25, 0.3) is 0 Å². The first-order valence-electron chi connectivity index (χ1n) is 8.60. The Labute approximate surface area is 134 Å². The summed E-state index contributed by atoms with van der Waals surface area (Å²) in [6, 6.07) is 8.97. The van der Waals surface area contributed by atoms with Gasteiger partial charge in [-0.05, 0) is 37.6 Å². The van der Waals surface area contributed by atoms with Crippen LogP contribution in [0.15, 0.2) is 24.3 Å². The molecule has 22 heavy (non-hydrogen) atoms. The van der Waals surface area contributed by atoms with E-state index in [4.69, 9.17) is 4.74 Å². The van der Waals surface area contributed by atoms with Crippen molar-refractivity contribution in [2.75, 3.05) is 46.3 Å². The first kappa shape index (κ1) is 15.9. The summed E-state index contributed by atoms with van der Waals surface area (Å²) < 4.78 is 6.07. The maximum Gasteiger partial charge on any atom is 0.0721 e. The van der Waals surface area contributed by atoms with Gasteiger partial charge in [-0.15, -0.1) is 0 Å². The average Bonchev–Trinajstić information content (AvgIpc) is 2.55. The summed E-state index contributed by atoms with van der Waals surface area (Å²) >= 11 is 0. The molecule has 0 radical (unpaired) electrons. The molecule has 2 aliphatic rings. The van der Waals surface area contributed by atoms with E-state index in [0.717, 1.165) is 45.9 Å². The third kappa shape index (κ3) is 4.78. The summed E-state index contributed by atoms with van der Waals surface area (Å²) in [6.45, 7) is 8.62. The third-order valence-electron chi connectivity index (χ3n) is 4.71. The molecule has 0 saturated carbocycles. The Morgan fingerprint density at radius 2 is 1.82 bits per heavy atom. The Kier molecular flexibility index (Phi) is 5.84. The third-order valence-corrected chi connectivity index (χ3v) is 4.71. The molecule has 3 rings (SSSR count). The summed E-state index contributed by atoms with van der Waals surface area (Å²) in [4.78, 5) is 4.88. The summed E-state index contributed by atoms with van der Waals surface area (Å²) in [5.41, 5.74) is 2.69. The van der Waals surface area contributed by atoms with E-state index in [-0.39, 0.29) is 0 Å². The number of likely N-dealkylation sites (N-methyl/N-ethyl adjacent to an activating group) is 1. The van der Waals surface area contributed by atoms with Gasteiger partial charge in [0.2, 0.25) is 0 Å². The van der Waals surface area contributed by atoms with E-state index in [1.165, 1.54) is 30.5 Å². The predicted molar refractivity (Wildman–Crippen MR) is 89.9 cm³/mol. The number of hydrogen-bond donors (Lipinski definition) is 1. The van der Waals surface area contributed by atoms with Crippen LogP contribution in [0.5, 0.6) is 0 Å². The van der Waals surface area contributed by atoms with E-state index >= 15 is 0 Å². The fourth-order valence-electron chi connectivity index (χ4n) is 3.34. The van der Waals surface area contributed by atoms with Crippen LogP contribution in [0.4, 0.5) is 0 Å². The van der Waals surface area contributed by atoms with E-state index in [1.54, 1.807) is 0 Å². The molecule has 2 aliphatic heterocycles. The van der Waals surface area contributed by atoms with Crippen molar-refractivity contribution in [1.29, 1.82) is 0 Å². The molecule has 1 aromatic rings. The molecule has 2 heterocycles. The van der Waals surface area contributed by atoms with Crippen molar-refractivity contribution in [3.63, 3.8) is 0 Å². The minimum Gasteiger partial charge on any atom is -0.372 e. The van der Waals surface area contributed by atoms with Gasteiger partial charge in [0.25, 0.3) is 0 Å². The highest BCUT2D eigenvalue weighted by molar-refractivity contribution is 5.22. The van der Waals surface area contributed by atoms with Crippen LogP contribution in [0.3, 0.4) is 0 Å². The van der Waals surface area contributed by atoms with Crippen molar-refractivity contribution >= 4 is 0 Å². The average molecular weight is 303 g/mol. The zero-order valence-corrected chi connectivity index (χ0v) is 13.8. The van der Waals surface area contributed by atoms with E-state index in [9.17, 15) is 0 Å². The van der Waals surface area contributed by atoms with Crippen molar-refractivity contribution in [2.24, 2.45) is 0 Å². The second-order valence-electron chi connectivity index (χ2n) is 6.68. The molecule has 1 aromatic carbocycles. The first-order valence-corrected chi connectivity index (χ1v) is 8.60. The highest BCUT2D eigenvalue weighted by Gasteiger charge is 2.17. The quantitative estimate of drug-likeness (QED) is 0.896. The Morgan fingerprint density at radius 1 is 1.09 bits per heavy atom. The molecule has 1 N–H and O–H groups in total. The number of piperidine rings is 1. The normalized spacial score (nSPS) is 24.5. The highest BCUT2D eigenvalue weighted by Crippen LogP contribution is 2.15. The van der Waals surface area contributed by atoms with E-state index in [0.29, 0.717) is 6.10 Å². The molecule has 2 saturated heterocycles. The van der Waals surface area contributed by atoms with Crippen molar-refractivity contribution in [1.82, 2.24) is 15.1 Å². The Bertz CT molecular complexity index is 442. The number of rotatable bonds is 5. The Morgan fingerprint density at radius 3 is 2.55 bits per heavy atom. The zero-order chi connectivity index (χ0) is 15.2. The Balaban J connectivity index is 1.44.